The van der Waals surface area contributed by atoms with Gasteiger partial charge in [0.25, 0.3) is 5.69 Å². The summed E-state index contributed by atoms with van der Waals surface area (Å²) in [6, 6.07) is 13.6. The summed E-state index contributed by atoms with van der Waals surface area (Å²) in [6.45, 7) is 0.856. The van der Waals surface area contributed by atoms with E-state index in [1.165, 1.54) is 12.1 Å². The lowest BCUT2D eigenvalue weighted by Crippen LogP contribution is -2.36. The SMILES string of the molecule is Br.O=C(CN(C1=NCCCCC1)c1ccc(Br)cc1)c1cccc([N+](=O)[O-])c1. The summed E-state index contributed by atoms with van der Waals surface area (Å²) in [5.41, 5.74) is 1.14. The van der Waals surface area contributed by atoms with Crippen molar-refractivity contribution in [3.05, 3.63) is 68.7 Å². The van der Waals surface area contributed by atoms with Crippen LogP contribution in [0.2, 0.25) is 0 Å². The Morgan fingerprint density at radius 2 is 1.89 bits per heavy atom. The van der Waals surface area contributed by atoms with Crippen LogP contribution >= 0.6 is 32.9 Å². The van der Waals surface area contributed by atoms with Gasteiger partial charge in [-0.05, 0) is 37.1 Å². The highest BCUT2D eigenvalue weighted by Crippen LogP contribution is 2.23. The third kappa shape index (κ3) is 5.72. The summed E-state index contributed by atoms with van der Waals surface area (Å²) in [6.07, 6.45) is 4.03. The molecule has 0 N–H and O–H groups in total. The van der Waals surface area contributed by atoms with E-state index in [2.05, 4.69) is 20.9 Å². The number of carbonyl (C=O) groups excluding carboxylic acids is 1. The molecule has 0 unspecified atom stereocenters. The van der Waals surface area contributed by atoms with E-state index in [1.54, 1.807) is 12.1 Å². The molecule has 0 aliphatic carbocycles. The molecule has 148 valence electrons. The summed E-state index contributed by atoms with van der Waals surface area (Å²) < 4.78 is 0.957. The molecule has 2 aromatic carbocycles. The molecule has 1 heterocycles. The predicted octanol–water partition coefficient (Wildman–Crippen LogP) is 5.60. The molecule has 0 fully saturated rings. The molecule has 0 atom stereocenters. The second-order valence-electron chi connectivity index (χ2n) is 6.40. The number of anilines is 1. The van der Waals surface area contributed by atoms with Gasteiger partial charge in [0.1, 0.15) is 5.84 Å². The van der Waals surface area contributed by atoms with Crippen molar-refractivity contribution in [1.29, 1.82) is 0 Å². The van der Waals surface area contributed by atoms with Crippen molar-refractivity contribution in [1.82, 2.24) is 0 Å². The number of amidine groups is 1. The lowest BCUT2D eigenvalue weighted by Gasteiger charge is -2.25. The molecule has 0 radical (unpaired) electrons. The van der Waals surface area contributed by atoms with Crippen molar-refractivity contribution in [2.24, 2.45) is 4.99 Å². The molecule has 6 nitrogen and oxygen atoms in total. The van der Waals surface area contributed by atoms with Gasteiger partial charge in [0.2, 0.25) is 0 Å². The lowest BCUT2D eigenvalue weighted by atomic mass is 10.1. The summed E-state index contributed by atoms with van der Waals surface area (Å²) in [5, 5.41) is 11.0. The Balaban J connectivity index is 0.00000280. The van der Waals surface area contributed by atoms with Crippen LogP contribution in [0.25, 0.3) is 0 Å². The van der Waals surface area contributed by atoms with Crippen LogP contribution in [0.1, 0.15) is 36.0 Å². The number of aliphatic imine (C=N–C) groups is 1. The molecule has 0 amide bonds. The Morgan fingerprint density at radius 1 is 1.14 bits per heavy atom. The van der Waals surface area contributed by atoms with Crippen molar-refractivity contribution < 1.29 is 9.72 Å². The number of rotatable bonds is 5. The normalized spacial score (nSPS) is 13.7. The smallest absolute Gasteiger partial charge is 0.270 e. The van der Waals surface area contributed by atoms with Gasteiger partial charge in [-0.25, -0.2) is 0 Å². The first-order chi connectivity index (χ1) is 13.0. The van der Waals surface area contributed by atoms with Gasteiger partial charge in [0.05, 0.1) is 11.5 Å². The van der Waals surface area contributed by atoms with Crippen LogP contribution < -0.4 is 4.90 Å². The van der Waals surface area contributed by atoms with Gasteiger partial charge in [-0.3, -0.25) is 19.9 Å². The van der Waals surface area contributed by atoms with Gasteiger partial charge in [-0.15, -0.1) is 17.0 Å². The maximum Gasteiger partial charge on any atom is 0.270 e. The minimum atomic E-state index is -0.487. The zero-order valence-corrected chi connectivity index (χ0v) is 18.5. The van der Waals surface area contributed by atoms with Gasteiger partial charge in [-0.1, -0.05) is 34.5 Å². The predicted molar refractivity (Wildman–Crippen MR) is 120 cm³/mol. The number of Topliss-reactive ketones (excluding diaryl/α,β-unsaturated/α-hetero) is 1. The van der Waals surface area contributed by atoms with E-state index in [1.807, 2.05) is 29.2 Å². The highest BCUT2D eigenvalue weighted by Gasteiger charge is 2.20. The van der Waals surface area contributed by atoms with Gasteiger partial charge >= 0.3 is 0 Å². The van der Waals surface area contributed by atoms with E-state index in [0.717, 1.165) is 48.2 Å². The molecule has 0 saturated carbocycles. The summed E-state index contributed by atoms with van der Waals surface area (Å²) in [4.78, 5) is 30.0. The minimum absolute atomic E-state index is 0. The molecule has 28 heavy (non-hydrogen) atoms. The van der Waals surface area contributed by atoms with E-state index < -0.39 is 4.92 Å². The molecule has 0 bridgehead atoms. The van der Waals surface area contributed by atoms with Gasteiger partial charge in [0, 0.05) is 40.8 Å². The van der Waals surface area contributed by atoms with Crippen molar-refractivity contribution in [2.75, 3.05) is 18.0 Å². The Morgan fingerprint density at radius 3 is 2.61 bits per heavy atom. The molecule has 0 spiro atoms. The molecular formula is C20H21Br2N3O3. The first kappa shape index (κ1) is 22.2. The Labute approximate surface area is 182 Å². The fraction of sp³-hybridized carbons (Fsp3) is 0.300. The van der Waals surface area contributed by atoms with E-state index >= 15 is 0 Å². The van der Waals surface area contributed by atoms with E-state index in [-0.39, 0.29) is 35.0 Å². The zero-order valence-electron chi connectivity index (χ0n) is 15.2. The van der Waals surface area contributed by atoms with Crippen molar-refractivity contribution in [3.63, 3.8) is 0 Å². The second-order valence-corrected chi connectivity index (χ2v) is 7.32. The topological polar surface area (TPSA) is 75.8 Å². The van der Waals surface area contributed by atoms with E-state index in [0.29, 0.717) is 5.56 Å². The molecule has 0 aromatic heterocycles. The largest absolute Gasteiger partial charge is 0.322 e. The fourth-order valence-electron chi connectivity index (χ4n) is 3.06. The van der Waals surface area contributed by atoms with Crippen LogP contribution in [0.3, 0.4) is 0 Å². The molecule has 1 aliphatic heterocycles. The van der Waals surface area contributed by atoms with Crippen LogP contribution in [0.5, 0.6) is 0 Å². The van der Waals surface area contributed by atoms with Crippen LogP contribution in [0.4, 0.5) is 11.4 Å². The zero-order chi connectivity index (χ0) is 19.2. The summed E-state index contributed by atoms with van der Waals surface area (Å²) in [5.74, 6) is 0.724. The van der Waals surface area contributed by atoms with Crippen molar-refractivity contribution >= 4 is 55.9 Å². The maximum atomic E-state index is 12.9. The van der Waals surface area contributed by atoms with Crippen LogP contribution in [-0.2, 0) is 0 Å². The van der Waals surface area contributed by atoms with Crippen LogP contribution in [-0.4, -0.2) is 29.6 Å². The van der Waals surface area contributed by atoms with E-state index in [9.17, 15) is 14.9 Å². The Kier molecular flexibility index (Phi) is 8.32. The molecule has 1 aliphatic rings. The molecule has 0 saturated heterocycles. The quantitative estimate of drug-likeness (QED) is 0.298. The average molecular weight is 511 g/mol. The lowest BCUT2D eigenvalue weighted by molar-refractivity contribution is -0.384. The first-order valence-electron chi connectivity index (χ1n) is 8.88. The average Bonchev–Trinajstić information content (AvgIpc) is 2.96. The second kappa shape index (κ2) is 10.5. The molecule has 2 aromatic rings. The van der Waals surface area contributed by atoms with Crippen molar-refractivity contribution in [2.45, 2.75) is 25.7 Å². The monoisotopic (exact) mass is 509 g/mol. The number of carbonyl (C=O) groups is 1. The van der Waals surface area contributed by atoms with Gasteiger partial charge in [-0.2, -0.15) is 0 Å². The van der Waals surface area contributed by atoms with Gasteiger partial charge < -0.3 is 4.90 Å². The fourth-order valence-corrected chi connectivity index (χ4v) is 3.32. The van der Waals surface area contributed by atoms with Crippen LogP contribution in [0.15, 0.2) is 58.0 Å². The standard InChI is InChI=1S/C20H20BrN3O3.BrH/c21-16-8-10-17(11-9-16)23(20-7-2-1-3-12-22-20)14-19(25)15-5-4-6-18(13-15)24(26)27;/h4-6,8-11,13H,1-3,7,12,14H2;1H. The molecular weight excluding hydrogens is 490 g/mol. The van der Waals surface area contributed by atoms with E-state index in [4.69, 9.17) is 0 Å². The molecule has 8 heteroatoms. The van der Waals surface area contributed by atoms with Crippen molar-refractivity contribution in [3.8, 4) is 0 Å². The summed E-state index contributed by atoms with van der Waals surface area (Å²) >= 11 is 3.43. The number of non-ortho nitro benzene ring substituents is 1. The first-order valence-corrected chi connectivity index (χ1v) is 9.68. The Hall–Kier alpha value is -2.06. The van der Waals surface area contributed by atoms with Gasteiger partial charge in [0.15, 0.2) is 5.78 Å². The number of halogens is 2. The summed E-state index contributed by atoms with van der Waals surface area (Å²) in [7, 11) is 0. The maximum absolute atomic E-state index is 12.9. The minimum Gasteiger partial charge on any atom is -0.322 e. The number of nitrogens with zero attached hydrogens (tertiary/aromatic N) is 3. The highest BCUT2D eigenvalue weighted by atomic mass is 79.9. The number of nitro groups is 1. The number of benzene rings is 2. The highest BCUT2D eigenvalue weighted by molar-refractivity contribution is 9.10. The number of hydrogen-bond acceptors (Lipinski definition) is 5. The number of hydrogen-bond donors (Lipinski definition) is 0. The third-order valence-corrected chi connectivity index (χ3v) is 5.01. The van der Waals surface area contributed by atoms with Crippen LogP contribution in [0, 0.1) is 10.1 Å². The molecule has 3 rings (SSSR count). The Bertz CT molecular complexity index is 869. The number of ketones is 1. The third-order valence-electron chi connectivity index (χ3n) is 4.48. The number of nitro benzene ring substituents is 1.